The molecule has 0 spiro atoms. The Morgan fingerprint density at radius 1 is 1.33 bits per heavy atom. The lowest BCUT2D eigenvalue weighted by molar-refractivity contribution is 0.600. The van der Waals surface area contributed by atoms with Crippen LogP contribution in [-0.4, -0.2) is 14.2 Å². The second kappa shape index (κ2) is 4.99. The van der Waals surface area contributed by atoms with Crippen molar-refractivity contribution in [2.45, 2.75) is 20.3 Å². The first-order chi connectivity index (χ1) is 6.93. The number of benzene rings is 1. The van der Waals surface area contributed by atoms with Crippen LogP contribution >= 0.6 is 15.9 Å². The van der Waals surface area contributed by atoms with Crippen molar-refractivity contribution in [3.8, 4) is 0 Å². The number of nitrogens with one attached hydrogen (secondary N) is 1. The molecule has 0 bridgehead atoms. The van der Waals surface area contributed by atoms with Crippen molar-refractivity contribution in [2.24, 2.45) is 0 Å². The molecule has 0 amide bonds. The molecule has 5 heteroatoms. The van der Waals surface area contributed by atoms with Crippen molar-refractivity contribution < 1.29 is 8.42 Å². The van der Waals surface area contributed by atoms with Crippen LogP contribution in [0.2, 0.25) is 0 Å². The molecule has 0 saturated heterocycles. The molecule has 0 aromatic heterocycles. The summed E-state index contributed by atoms with van der Waals surface area (Å²) in [5, 5.41) is 0. The maximum Gasteiger partial charge on any atom is 0.232 e. The highest BCUT2D eigenvalue weighted by Crippen LogP contribution is 2.20. The Bertz CT molecular complexity index is 422. The van der Waals surface area contributed by atoms with E-state index in [4.69, 9.17) is 0 Å². The quantitative estimate of drug-likeness (QED) is 0.927. The molecular weight excluding hydrogens is 278 g/mol. The molecule has 0 unspecified atom stereocenters. The monoisotopic (exact) mass is 291 g/mol. The van der Waals surface area contributed by atoms with Crippen LogP contribution in [0.15, 0.2) is 22.7 Å². The van der Waals surface area contributed by atoms with Gasteiger partial charge in [-0.2, -0.15) is 0 Å². The number of aryl methyl sites for hydroxylation is 1. The fraction of sp³-hybridized carbons (Fsp3) is 0.400. The number of rotatable bonds is 4. The number of halogens is 1. The zero-order chi connectivity index (χ0) is 11.5. The molecular formula is C10H14BrNO2S. The zero-order valence-corrected chi connectivity index (χ0v) is 11.2. The van der Waals surface area contributed by atoms with Gasteiger partial charge in [-0.1, -0.05) is 22.9 Å². The molecule has 0 fully saturated rings. The van der Waals surface area contributed by atoms with Crippen molar-refractivity contribution in [1.29, 1.82) is 0 Å². The van der Waals surface area contributed by atoms with Gasteiger partial charge in [-0.05, 0) is 37.1 Å². The van der Waals surface area contributed by atoms with E-state index in [1.807, 2.05) is 19.9 Å². The molecule has 0 aliphatic heterocycles. The van der Waals surface area contributed by atoms with E-state index in [0.29, 0.717) is 12.1 Å². The van der Waals surface area contributed by atoms with Gasteiger partial charge in [-0.25, -0.2) is 8.42 Å². The van der Waals surface area contributed by atoms with Crippen molar-refractivity contribution >= 4 is 31.6 Å². The maximum atomic E-state index is 11.5. The predicted molar refractivity (Wildman–Crippen MR) is 66.6 cm³/mol. The molecule has 0 saturated carbocycles. The van der Waals surface area contributed by atoms with E-state index in [-0.39, 0.29) is 5.75 Å². The van der Waals surface area contributed by atoms with Crippen LogP contribution in [0.4, 0.5) is 5.69 Å². The smallest absolute Gasteiger partial charge is 0.232 e. The lowest BCUT2D eigenvalue weighted by Crippen LogP contribution is -2.16. The van der Waals surface area contributed by atoms with Gasteiger partial charge in [-0.3, -0.25) is 4.72 Å². The Morgan fingerprint density at radius 3 is 2.53 bits per heavy atom. The first-order valence-corrected chi connectivity index (χ1v) is 7.15. The van der Waals surface area contributed by atoms with Crippen molar-refractivity contribution in [2.75, 3.05) is 10.5 Å². The minimum atomic E-state index is -3.19. The largest absolute Gasteiger partial charge is 0.284 e. The van der Waals surface area contributed by atoms with Crippen LogP contribution in [0, 0.1) is 6.92 Å². The fourth-order valence-corrected chi connectivity index (χ4v) is 3.02. The summed E-state index contributed by atoms with van der Waals surface area (Å²) in [6, 6.07) is 5.48. The van der Waals surface area contributed by atoms with Crippen LogP contribution in [0.1, 0.15) is 18.9 Å². The topological polar surface area (TPSA) is 46.2 Å². The van der Waals surface area contributed by atoms with Crippen molar-refractivity contribution in [1.82, 2.24) is 0 Å². The Hall–Kier alpha value is -0.550. The van der Waals surface area contributed by atoms with Gasteiger partial charge in [-0.15, -0.1) is 0 Å². The molecule has 1 N–H and O–H groups in total. The first-order valence-electron chi connectivity index (χ1n) is 4.70. The van der Waals surface area contributed by atoms with E-state index in [1.54, 1.807) is 12.1 Å². The average molecular weight is 292 g/mol. The predicted octanol–water partition coefficient (Wildman–Crippen LogP) is 2.91. The van der Waals surface area contributed by atoms with Crippen molar-refractivity contribution in [3.05, 3.63) is 28.2 Å². The molecule has 15 heavy (non-hydrogen) atoms. The van der Waals surface area contributed by atoms with Crippen LogP contribution in [0.25, 0.3) is 0 Å². The first kappa shape index (κ1) is 12.5. The lowest BCUT2D eigenvalue weighted by atomic mass is 10.2. The molecule has 0 radical (unpaired) electrons. The van der Waals surface area contributed by atoms with Gasteiger partial charge in [0.25, 0.3) is 0 Å². The van der Waals surface area contributed by atoms with Crippen molar-refractivity contribution in [3.63, 3.8) is 0 Å². The Balaban J connectivity index is 2.90. The number of hydrogen-bond acceptors (Lipinski definition) is 2. The number of anilines is 1. The van der Waals surface area contributed by atoms with Gasteiger partial charge in [0.05, 0.1) is 5.75 Å². The summed E-state index contributed by atoms with van der Waals surface area (Å²) in [6.45, 7) is 3.76. The van der Waals surface area contributed by atoms with E-state index < -0.39 is 10.0 Å². The minimum Gasteiger partial charge on any atom is -0.284 e. The minimum absolute atomic E-state index is 0.151. The van der Waals surface area contributed by atoms with Gasteiger partial charge >= 0.3 is 0 Å². The molecule has 0 aliphatic rings. The summed E-state index contributed by atoms with van der Waals surface area (Å²) in [6.07, 6.45) is 0.613. The highest BCUT2D eigenvalue weighted by Gasteiger charge is 2.08. The van der Waals surface area contributed by atoms with E-state index in [1.165, 1.54) is 0 Å². The number of sulfonamides is 1. The Kier molecular flexibility index (Phi) is 4.16. The summed E-state index contributed by atoms with van der Waals surface area (Å²) in [7, 11) is -3.19. The van der Waals surface area contributed by atoms with Crippen LogP contribution in [-0.2, 0) is 10.0 Å². The van der Waals surface area contributed by atoms with Gasteiger partial charge in [0, 0.05) is 10.2 Å². The molecule has 0 heterocycles. The number of hydrogen-bond donors (Lipinski definition) is 1. The Morgan fingerprint density at radius 2 is 2.00 bits per heavy atom. The highest BCUT2D eigenvalue weighted by atomic mass is 79.9. The molecule has 0 aliphatic carbocycles. The Labute approximate surface area is 99.1 Å². The molecule has 1 aromatic carbocycles. The highest BCUT2D eigenvalue weighted by molar-refractivity contribution is 9.10. The van der Waals surface area contributed by atoms with Crippen LogP contribution in [0.3, 0.4) is 0 Å². The third kappa shape index (κ3) is 4.22. The second-order valence-corrected chi connectivity index (χ2v) is 6.20. The molecule has 84 valence electrons. The van der Waals surface area contributed by atoms with Crippen LogP contribution < -0.4 is 4.72 Å². The summed E-state index contributed by atoms with van der Waals surface area (Å²) in [5.74, 6) is 0.151. The third-order valence-electron chi connectivity index (χ3n) is 1.79. The molecule has 3 nitrogen and oxygen atoms in total. The third-order valence-corrected chi connectivity index (χ3v) is 3.74. The summed E-state index contributed by atoms with van der Waals surface area (Å²) >= 11 is 3.32. The SMILES string of the molecule is CCCS(=O)(=O)Nc1cc(C)cc(Br)c1. The van der Waals surface area contributed by atoms with E-state index >= 15 is 0 Å². The average Bonchev–Trinajstić information content (AvgIpc) is 1.99. The summed E-state index contributed by atoms with van der Waals surface area (Å²) in [4.78, 5) is 0. The van der Waals surface area contributed by atoms with E-state index in [2.05, 4.69) is 20.7 Å². The maximum absolute atomic E-state index is 11.5. The molecule has 0 atom stereocenters. The van der Waals surface area contributed by atoms with Gasteiger partial charge in [0.15, 0.2) is 0 Å². The molecule has 1 aromatic rings. The molecule has 1 rings (SSSR count). The van der Waals surface area contributed by atoms with E-state index in [9.17, 15) is 8.42 Å². The zero-order valence-electron chi connectivity index (χ0n) is 8.75. The van der Waals surface area contributed by atoms with Gasteiger partial charge in [0.2, 0.25) is 10.0 Å². The fourth-order valence-electron chi connectivity index (χ4n) is 1.29. The normalized spacial score (nSPS) is 11.4. The lowest BCUT2D eigenvalue weighted by Gasteiger charge is -2.08. The second-order valence-electron chi connectivity index (χ2n) is 3.44. The van der Waals surface area contributed by atoms with Crippen LogP contribution in [0.5, 0.6) is 0 Å². The van der Waals surface area contributed by atoms with E-state index in [0.717, 1.165) is 10.0 Å². The van der Waals surface area contributed by atoms with Gasteiger partial charge < -0.3 is 0 Å². The summed E-state index contributed by atoms with van der Waals surface area (Å²) < 4.78 is 26.4. The van der Waals surface area contributed by atoms with Gasteiger partial charge in [0.1, 0.15) is 0 Å². The standard InChI is InChI=1S/C10H14BrNO2S/c1-3-4-15(13,14)12-10-6-8(2)5-9(11)7-10/h5-7,12H,3-4H2,1-2H3. The summed E-state index contributed by atoms with van der Waals surface area (Å²) in [5.41, 5.74) is 1.62.